The zero-order valence-corrected chi connectivity index (χ0v) is 10.3. The van der Waals surface area contributed by atoms with Gasteiger partial charge in [-0.15, -0.1) is 0 Å². The monoisotopic (exact) mass is 251 g/mol. The molecule has 0 amide bonds. The van der Waals surface area contributed by atoms with Gasteiger partial charge in [-0.3, -0.25) is 0 Å². The van der Waals surface area contributed by atoms with Crippen LogP contribution in [-0.4, -0.2) is 16.2 Å². The fourth-order valence-electron chi connectivity index (χ4n) is 2.21. The lowest BCUT2D eigenvalue weighted by molar-refractivity contribution is 0.432. The Balaban J connectivity index is 1.78. The fourth-order valence-corrected chi connectivity index (χ4v) is 2.21. The summed E-state index contributed by atoms with van der Waals surface area (Å²) in [5.41, 5.74) is 1.01. The number of anilines is 1. The number of hydrogen-bond donors (Lipinski definition) is 1. The number of nitrogens with one attached hydrogen (secondary N) is 1. The van der Waals surface area contributed by atoms with Crippen LogP contribution in [0.3, 0.4) is 0 Å². The van der Waals surface area contributed by atoms with Gasteiger partial charge in [-0.05, 0) is 23.6 Å². The van der Waals surface area contributed by atoms with E-state index in [1.165, 1.54) is 18.2 Å². The van der Waals surface area contributed by atoms with Gasteiger partial charge >= 0.3 is 6.01 Å². The Bertz CT molecular complexity index is 726. The first-order valence-corrected chi connectivity index (χ1v) is 6.48. The van der Waals surface area contributed by atoms with Gasteiger partial charge in [0.1, 0.15) is 0 Å². The van der Waals surface area contributed by atoms with Crippen molar-refractivity contribution in [1.29, 1.82) is 0 Å². The molecule has 1 aliphatic carbocycles. The van der Waals surface area contributed by atoms with Crippen molar-refractivity contribution < 1.29 is 4.52 Å². The summed E-state index contributed by atoms with van der Waals surface area (Å²) in [5, 5.41) is 9.61. The van der Waals surface area contributed by atoms with E-state index in [2.05, 4.69) is 33.7 Å². The molecule has 2 aromatic carbocycles. The summed E-state index contributed by atoms with van der Waals surface area (Å²) in [6, 6.07) is 15.4. The molecule has 1 N–H and O–H groups in total. The maximum Gasteiger partial charge on any atom is 0.322 e. The molecule has 3 aromatic rings. The third-order valence-corrected chi connectivity index (χ3v) is 3.36. The lowest BCUT2D eigenvalue weighted by Crippen LogP contribution is -2.00. The summed E-state index contributed by atoms with van der Waals surface area (Å²) < 4.78 is 5.25. The molecule has 0 aliphatic heterocycles. The Hall–Kier alpha value is -2.36. The molecule has 1 aromatic heterocycles. The third kappa shape index (κ3) is 1.95. The van der Waals surface area contributed by atoms with Gasteiger partial charge in [0.25, 0.3) is 0 Å². The van der Waals surface area contributed by atoms with E-state index in [1.54, 1.807) is 0 Å². The first-order valence-electron chi connectivity index (χ1n) is 6.48. The second-order valence-corrected chi connectivity index (χ2v) is 4.87. The first-order chi connectivity index (χ1) is 9.40. The van der Waals surface area contributed by atoms with E-state index < -0.39 is 0 Å². The molecule has 19 heavy (non-hydrogen) atoms. The lowest BCUT2D eigenvalue weighted by Gasteiger charge is -2.01. The van der Waals surface area contributed by atoms with Crippen LogP contribution in [0.25, 0.3) is 22.2 Å². The molecule has 1 saturated carbocycles. The van der Waals surface area contributed by atoms with Gasteiger partial charge in [0.2, 0.25) is 5.82 Å². The smallest absolute Gasteiger partial charge is 0.322 e. The van der Waals surface area contributed by atoms with Crippen LogP contribution in [0.1, 0.15) is 12.8 Å². The molecule has 0 radical (unpaired) electrons. The maximum atomic E-state index is 5.25. The summed E-state index contributed by atoms with van der Waals surface area (Å²) >= 11 is 0. The number of aromatic nitrogens is 2. The SMILES string of the molecule is c1ccc2c(-c3noc(NC4CC4)n3)cccc2c1. The quantitative estimate of drug-likeness (QED) is 0.774. The van der Waals surface area contributed by atoms with Crippen LogP contribution in [0.4, 0.5) is 6.01 Å². The van der Waals surface area contributed by atoms with Gasteiger partial charge in [0.15, 0.2) is 0 Å². The van der Waals surface area contributed by atoms with E-state index in [0.29, 0.717) is 17.9 Å². The Morgan fingerprint density at radius 2 is 1.89 bits per heavy atom. The second-order valence-electron chi connectivity index (χ2n) is 4.87. The molecule has 4 rings (SSSR count). The molecule has 4 heteroatoms. The summed E-state index contributed by atoms with van der Waals surface area (Å²) in [6.07, 6.45) is 2.37. The van der Waals surface area contributed by atoms with Gasteiger partial charge < -0.3 is 9.84 Å². The van der Waals surface area contributed by atoms with Crippen LogP contribution in [0.15, 0.2) is 47.0 Å². The minimum absolute atomic E-state index is 0.515. The topological polar surface area (TPSA) is 51.0 Å². The highest BCUT2D eigenvalue weighted by molar-refractivity contribution is 5.94. The number of hydrogen-bond acceptors (Lipinski definition) is 4. The van der Waals surface area contributed by atoms with Crippen LogP contribution < -0.4 is 5.32 Å². The summed E-state index contributed by atoms with van der Waals surface area (Å²) in [5.74, 6) is 0.639. The average molecular weight is 251 g/mol. The molecule has 0 saturated heterocycles. The van der Waals surface area contributed by atoms with Crippen LogP contribution in [-0.2, 0) is 0 Å². The molecule has 0 atom stereocenters. The minimum atomic E-state index is 0.515. The van der Waals surface area contributed by atoms with E-state index in [4.69, 9.17) is 4.52 Å². The Labute approximate surface area is 110 Å². The standard InChI is InChI=1S/C15H13N3O/c1-2-6-12-10(4-1)5-3-7-13(12)14-17-15(19-18-14)16-11-8-9-11/h1-7,11H,8-9H2,(H,16,17,18). The minimum Gasteiger partial charge on any atom is -0.335 e. The first kappa shape index (κ1) is 10.6. The van der Waals surface area contributed by atoms with Crippen molar-refractivity contribution in [2.75, 3.05) is 5.32 Å². The molecular weight excluding hydrogens is 238 g/mol. The number of nitrogens with zero attached hydrogens (tertiary/aromatic N) is 2. The average Bonchev–Trinajstić information content (AvgIpc) is 3.14. The van der Waals surface area contributed by atoms with Gasteiger partial charge in [-0.1, -0.05) is 47.6 Å². The van der Waals surface area contributed by atoms with E-state index >= 15 is 0 Å². The number of rotatable bonds is 3. The van der Waals surface area contributed by atoms with Gasteiger partial charge in [0.05, 0.1) is 0 Å². The summed E-state index contributed by atoms with van der Waals surface area (Å²) in [7, 11) is 0. The van der Waals surface area contributed by atoms with Crippen molar-refractivity contribution in [3.63, 3.8) is 0 Å². The van der Waals surface area contributed by atoms with E-state index in [1.807, 2.05) is 24.3 Å². The molecule has 0 bridgehead atoms. The third-order valence-electron chi connectivity index (χ3n) is 3.36. The highest BCUT2D eigenvalue weighted by atomic mass is 16.5. The molecule has 1 fully saturated rings. The van der Waals surface area contributed by atoms with E-state index in [0.717, 1.165) is 10.9 Å². The highest BCUT2D eigenvalue weighted by Gasteiger charge is 2.23. The normalized spacial score (nSPS) is 14.7. The van der Waals surface area contributed by atoms with Crippen LogP contribution in [0.2, 0.25) is 0 Å². The van der Waals surface area contributed by atoms with Gasteiger partial charge in [-0.25, -0.2) is 0 Å². The molecule has 94 valence electrons. The Kier molecular flexibility index (Phi) is 2.27. The molecular formula is C15H13N3O. The van der Waals surface area contributed by atoms with Crippen molar-refractivity contribution in [1.82, 2.24) is 10.1 Å². The lowest BCUT2D eigenvalue weighted by atomic mass is 10.0. The van der Waals surface area contributed by atoms with Crippen molar-refractivity contribution >= 4 is 16.8 Å². The van der Waals surface area contributed by atoms with Crippen molar-refractivity contribution in [2.24, 2.45) is 0 Å². The fraction of sp³-hybridized carbons (Fsp3) is 0.200. The highest BCUT2D eigenvalue weighted by Crippen LogP contribution is 2.28. The van der Waals surface area contributed by atoms with Crippen LogP contribution in [0, 0.1) is 0 Å². The zero-order chi connectivity index (χ0) is 12.7. The van der Waals surface area contributed by atoms with Crippen LogP contribution >= 0.6 is 0 Å². The predicted octanol–water partition coefficient (Wildman–Crippen LogP) is 3.46. The Morgan fingerprint density at radius 3 is 2.79 bits per heavy atom. The van der Waals surface area contributed by atoms with Crippen molar-refractivity contribution in [2.45, 2.75) is 18.9 Å². The molecule has 4 nitrogen and oxygen atoms in total. The van der Waals surface area contributed by atoms with Crippen molar-refractivity contribution in [3.05, 3.63) is 42.5 Å². The summed E-state index contributed by atoms with van der Waals surface area (Å²) in [6.45, 7) is 0. The molecule has 0 unspecified atom stereocenters. The van der Waals surface area contributed by atoms with E-state index in [-0.39, 0.29) is 0 Å². The van der Waals surface area contributed by atoms with E-state index in [9.17, 15) is 0 Å². The second kappa shape index (κ2) is 4.09. The number of benzene rings is 2. The van der Waals surface area contributed by atoms with Crippen LogP contribution in [0.5, 0.6) is 0 Å². The van der Waals surface area contributed by atoms with Gasteiger partial charge in [-0.2, -0.15) is 4.98 Å². The van der Waals surface area contributed by atoms with Gasteiger partial charge in [0, 0.05) is 11.6 Å². The largest absolute Gasteiger partial charge is 0.335 e. The zero-order valence-electron chi connectivity index (χ0n) is 10.3. The van der Waals surface area contributed by atoms with Crippen molar-refractivity contribution in [3.8, 4) is 11.4 Å². The Morgan fingerprint density at radius 1 is 1.05 bits per heavy atom. The molecule has 1 aliphatic rings. The summed E-state index contributed by atoms with van der Waals surface area (Å²) in [4.78, 5) is 4.42. The number of fused-ring (bicyclic) bond motifs is 1. The maximum absolute atomic E-state index is 5.25. The molecule has 1 heterocycles. The molecule has 0 spiro atoms. The predicted molar refractivity (Wildman–Crippen MR) is 73.9 cm³/mol.